The van der Waals surface area contributed by atoms with Crippen LogP contribution in [0.1, 0.15) is 21.7 Å². The van der Waals surface area contributed by atoms with E-state index < -0.39 is 11.9 Å². The van der Waals surface area contributed by atoms with Crippen LogP contribution in [0, 0.1) is 18.3 Å². The lowest BCUT2D eigenvalue weighted by Gasteiger charge is -2.08. The minimum Gasteiger partial charge on any atom is -0.497 e. The Kier molecular flexibility index (Phi) is 6.70. The Morgan fingerprint density at radius 2 is 1.94 bits per heavy atom. The van der Waals surface area contributed by atoms with Crippen LogP contribution in [-0.2, 0) is 4.79 Å². The van der Waals surface area contributed by atoms with E-state index in [1.54, 1.807) is 37.3 Å². The first-order chi connectivity index (χ1) is 14.9. The average Bonchev–Trinajstić information content (AvgIpc) is 3.18. The molecule has 31 heavy (non-hydrogen) atoms. The van der Waals surface area contributed by atoms with Crippen LogP contribution in [0.15, 0.2) is 58.6 Å². The predicted octanol–water partition coefficient (Wildman–Crippen LogP) is 4.41. The maximum atomic E-state index is 12.3. The maximum Gasteiger partial charge on any atom is 0.343 e. The molecule has 0 aliphatic rings. The largest absolute Gasteiger partial charge is 0.497 e. The van der Waals surface area contributed by atoms with Crippen LogP contribution in [-0.4, -0.2) is 24.1 Å². The molecule has 0 spiro atoms. The molecule has 0 aliphatic heterocycles. The van der Waals surface area contributed by atoms with Crippen molar-refractivity contribution in [1.29, 1.82) is 5.26 Å². The monoisotopic (exact) mass is 437 g/mol. The quantitative estimate of drug-likeness (QED) is 0.263. The van der Waals surface area contributed by atoms with Gasteiger partial charge in [0.25, 0.3) is 5.91 Å². The van der Waals surface area contributed by atoms with Crippen molar-refractivity contribution in [3.63, 3.8) is 0 Å². The normalized spacial score (nSPS) is 10.8. The molecule has 1 heterocycles. The zero-order chi connectivity index (χ0) is 22.4. The highest BCUT2D eigenvalue weighted by Gasteiger charge is 2.14. The van der Waals surface area contributed by atoms with Crippen LogP contribution >= 0.6 is 11.6 Å². The Bertz CT molecular complexity index is 1190. The number of carbonyl (C=O) groups excluding carboxylic acids is 2. The van der Waals surface area contributed by atoms with Crippen LogP contribution in [0.25, 0.3) is 6.08 Å². The Labute approximate surface area is 182 Å². The molecule has 0 unspecified atom stereocenters. The fourth-order valence-corrected chi connectivity index (χ4v) is 2.73. The van der Waals surface area contributed by atoms with Crippen LogP contribution in [0.5, 0.6) is 11.5 Å². The molecule has 156 valence electrons. The second-order valence-electron chi connectivity index (χ2n) is 6.25. The van der Waals surface area contributed by atoms with Gasteiger partial charge in [0.1, 0.15) is 28.9 Å². The highest BCUT2D eigenvalue weighted by atomic mass is 35.5. The molecule has 2 aromatic carbocycles. The van der Waals surface area contributed by atoms with E-state index in [4.69, 9.17) is 25.6 Å². The molecule has 0 saturated carbocycles. The summed E-state index contributed by atoms with van der Waals surface area (Å²) in [4.78, 5) is 24.6. The number of nitrogens with zero attached hydrogens (tertiary/aromatic N) is 2. The number of aromatic nitrogens is 1. The van der Waals surface area contributed by atoms with E-state index in [1.807, 2.05) is 6.07 Å². The fraction of sp³-hybridized carbons (Fsp3) is 0.0909. The lowest BCUT2D eigenvalue weighted by molar-refractivity contribution is -0.112. The molecule has 1 aromatic heterocycles. The molecule has 0 bridgehead atoms. The summed E-state index contributed by atoms with van der Waals surface area (Å²) in [7, 11) is 1.53. The Hall–Kier alpha value is -4.09. The van der Waals surface area contributed by atoms with Gasteiger partial charge in [-0.25, -0.2) is 4.79 Å². The Balaban J connectivity index is 1.73. The molecule has 1 N–H and O–H groups in total. The van der Waals surface area contributed by atoms with Gasteiger partial charge < -0.3 is 19.3 Å². The standard InChI is InChI=1S/C22H16ClN3O5/c1-13-9-20(26-31-13)25-21(27)16(12-24)10-14-3-8-19(18(23)11-14)30-22(28)15-4-6-17(29-2)7-5-15/h3-11H,1-2H3,(H,25,26,27)/b16-10-. The number of rotatable bonds is 6. The van der Waals surface area contributed by atoms with Crippen molar-refractivity contribution in [1.82, 2.24) is 5.16 Å². The van der Waals surface area contributed by atoms with Crippen molar-refractivity contribution < 1.29 is 23.6 Å². The van der Waals surface area contributed by atoms with Gasteiger partial charge >= 0.3 is 5.97 Å². The number of nitriles is 1. The summed E-state index contributed by atoms with van der Waals surface area (Å²) in [5.41, 5.74) is 0.629. The SMILES string of the molecule is COc1ccc(C(=O)Oc2ccc(/C=C(/C#N)C(=O)Nc3cc(C)on3)cc2Cl)cc1. The summed E-state index contributed by atoms with van der Waals surface area (Å²) in [5, 5.41) is 15.6. The van der Waals surface area contributed by atoms with Gasteiger partial charge in [0.05, 0.1) is 17.7 Å². The number of methoxy groups -OCH3 is 1. The third-order valence-electron chi connectivity index (χ3n) is 4.03. The van der Waals surface area contributed by atoms with Gasteiger partial charge in [-0.2, -0.15) is 5.26 Å². The number of benzene rings is 2. The number of hydrogen-bond acceptors (Lipinski definition) is 7. The first-order valence-electron chi connectivity index (χ1n) is 8.92. The van der Waals surface area contributed by atoms with E-state index in [0.717, 1.165) is 0 Å². The highest BCUT2D eigenvalue weighted by Crippen LogP contribution is 2.27. The van der Waals surface area contributed by atoms with E-state index in [1.165, 1.54) is 31.4 Å². The van der Waals surface area contributed by atoms with Crippen molar-refractivity contribution in [2.45, 2.75) is 6.92 Å². The Morgan fingerprint density at radius 1 is 1.19 bits per heavy atom. The second kappa shape index (κ2) is 9.61. The molecule has 9 heteroatoms. The summed E-state index contributed by atoms with van der Waals surface area (Å²) in [6, 6.07) is 14.3. The van der Waals surface area contributed by atoms with Gasteiger partial charge in [-0.3, -0.25) is 4.79 Å². The van der Waals surface area contributed by atoms with E-state index in [2.05, 4.69) is 10.5 Å². The molecule has 0 radical (unpaired) electrons. The summed E-state index contributed by atoms with van der Waals surface area (Å²) < 4.78 is 15.2. The van der Waals surface area contributed by atoms with Crippen LogP contribution in [0.2, 0.25) is 5.02 Å². The second-order valence-corrected chi connectivity index (χ2v) is 6.66. The first kappa shape index (κ1) is 21.6. The van der Waals surface area contributed by atoms with Crippen LogP contribution in [0.4, 0.5) is 5.82 Å². The van der Waals surface area contributed by atoms with Crippen molar-refractivity contribution in [3.05, 3.63) is 76.0 Å². The zero-order valence-electron chi connectivity index (χ0n) is 16.5. The predicted molar refractivity (Wildman–Crippen MR) is 113 cm³/mol. The van der Waals surface area contributed by atoms with Crippen molar-refractivity contribution >= 4 is 35.4 Å². The minimum atomic E-state index is -0.651. The number of amides is 1. The molecule has 0 saturated heterocycles. The molecule has 1 amide bonds. The number of aryl methyl sites for hydroxylation is 1. The summed E-state index contributed by atoms with van der Waals surface area (Å²) in [6.45, 7) is 1.68. The fourth-order valence-electron chi connectivity index (χ4n) is 2.50. The number of ether oxygens (including phenoxy) is 2. The van der Waals surface area contributed by atoms with Gasteiger partial charge in [0.15, 0.2) is 5.82 Å². The zero-order valence-corrected chi connectivity index (χ0v) is 17.3. The minimum absolute atomic E-state index is 0.139. The molecular formula is C22H16ClN3O5. The van der Waals surface area contributed by atoms with Crippen molar-refractivity contribution in [3.8, 4) is 17.6 Å². The number of carbonyl (C=O) groups is 2. The molecular weight excluding hydrogens is 422 g/mol. The van der Waals surface area contributed by atoms with Gasteiger partial charge in [-0.1, -0.05) is 22.8 Å². The third-order valence-corrected chi connectivity index (χ3v) is 4.33. The van der Waals surface area contributed by atoms with E-state index in [0.29, 0.717) is 22.6 Å². The molecule has 0 aliphatic carbocycles. The lowest BCUT2D eigenvalue weighted by Crippen LogP contribution is -2.13. The molecule has 8 nitrogen and oxygen atoms in total. The number of hydrogen-bond donors (Lipinski definition) is 1. The summed E-state index contributed by atoms with van der Waals surface area (Å²) >= 11 is 6.22. The third kappa shape index (κ3) is 5.50. The summed E-state index contributed by atoms with van der Waals surface area (Å²) in [6.07, 6.45) is 1.35. The van der Waals surface area contributed by atoms with Gasteiger partial charge in [-0.15, -0.1) is 0 Å². The highest BCUT2D eigenvalue weighted by molar-refractivity contribution is 6.32. The molecule has 3 rings (SSSR count). The number of anilines is 1. The van der Waals surface area contributed by atoms with E-state index in [9.17, 15) is 14.9 Å². The number of halogens is 1. The van der Waals surface area contributed by atoms with Gasteiger partial charge in [0.2, 0.25) is 0 Å². The van der Waals surface area contributed by atoms with Gasteiger partial charge in [0, 0.05) is 6.07 Å². The molecule has 0 atom stereocenters. The van der Waals surface area contributed by atoms with Crippen molar-refractivity contribution in [2.75, 3.05) is 12.4 Å². The maximum absolute atomic E-state index is 12.3. The lowest BCUT2D eigenvalue weighted by atomic mass is 10.1. The molecule has 0 fully saturated rings. The van der Waals surface area contributed by atoms with Crippen LogP contribution in [0.3, 0.4) is 0 Å². The number of nitrogens with one attached hydrogen (secondary N) is 1. The Morgan fingerprint density at radius 3 is 2.52 bits per heavy atom. The average molecular weight is 438 g/mol. The summed E-state index contributed by atoms with van der Waals surface area (Å²) in [5.74, 6) is 0.226. The first-order valence-corrected chi connectivity index (χ1v) is 9.29. The van der Waals surface area contributed by atoms with E-state index in [-0.39, 0.29) is 22.2 Å². The molecule has 3 aromatic rings. The van der Waals surface area contributed by atoms with Crippen LogP contribution < -0.4 is 14.8 Å². The van der Waals surface area contributed by atoms with Gasteiger partial charge in [-0.05, 0) is 55.0 Å². The smallest absolute Gasteiger partial charge is 0.343 e. The van der Waals surface area contributed by atoms with E-state index >= 15 is 0 Å². The topological polar surface area (TPSA) is 114 Å². The number of esters is 1. The van der Waals surface area contributed by atoms with Crippen molar-refractivity contribution in [2.24, 2.45) is 0 Å².